The highest BCUT2D eigenvalue weighted by molar-refractivity contribution is 9.10. The highest BCUT2D eigenvalue weighted by Crippen LogP contribution is 2.58. The van der Waals surface area contributed by atoms with Crippen LogP contribution in [-0.2, 0) is 0 Å². The molecule has 2 saturated heterocycles. The van der Waals surface area contributed by atoms with Crippen LogP contribution < -0.4 is 9.80 Å². The normalized spacial score (nSPS) is 23.8. The highest BCUT2D eigenvalue weighted by Gasteiger charge is 2.60. The summed E-state index contributed by atoms with van der Waals surface area (Å²) < 4.78 is 27.6. The number of nitrogens with zero attached hydrogens (tertiary/aromatic N) is 5. The number of rotatable bonds is 2. The molecule has 11 heteroatoms. The topological polar surface area (TPSA) is 56.1 Å². The van der Waals surface area contributed by atoms with E-state index in [4.69, 9.17) is 46.5 Å². The smallest absolute Gasteiger partial charge is 0.130 e. The van der Waals surface area contributed by atoms with Crippen LogP contribution in [0.1, 0.15) is 24.1 Å². The summed E-state index contributed by atoms with van der Waals surface area (Å²) >= 11 is 20.4. The molecule has 0 bridgehead atoms. The number of nitriles is 1. The highest BCUT2D eigenvalue weighted by atomic mass is 79.9. The van der Waals surface area contributed by atoms with Gasteiger partial charge in [0.25, 0.3) is 0 Å². The first-order chi connectivity index (χ1) is 23.0. The Morgan fingerprint density at radius 3 is 2.00 bits per heavy atom. The summed E-state index contributed by atoms with van der Waals surface area (Å²) in [6, 6.07) is 21.9. The van der Waals surface area contributed by atoms with Crippen molar-refractivity contribution in [2.24, 2.45) is 22.7 Å². The van der Waals surface area contributed by atoms with Crippen molar-refractivity contribution in [1.29, 1.82) is 5.26 Å². The predicted octanol–water partition coefficient (Wildman–Crippen LogP) is 9.06. The number of halogens is 6. The summed E-state index contributed by atoms with van der Waals surface area (Å²) in [7, 11) is 0. The summed E-state index contributed by atoms with van der Waals surface area (Å²) in [5.41, 5.74) is 2.60. The van der Waals surface area contributed by atoms with Crippen LogP contribution in [0.2, 0.25) is 15.3 Å². The van der Waals surface area contributed by atoms with E-state index in [9.17, 15) is 8.78 Å². The molecule has 4 aliphatic rings. The summed E-state index contributed by atoms with van der Waals surface area (Å²) in [6.45, 7) is 3.34. The predicted molar refractivity (Wildman–Crippen MR) is 190 cm³/mol. The average molecular weight is 766 g/mol. The molecule has 48 heavy (non-hydrogen) atoms. The number of anilines is 2. The maximum atomic E-state index is 13.7. The third-order valence-electron chi connectivity index (χ3n) is 9.00. The molecule has 4 fully saturated rings. The third-order valence-corrected chi connectivity index (χ3v) is 10.1. The molecule has 2 saturated carbocycles. The first kappa shape index (κ1) is 34.0. The molecule has 4 aromatic rings. The zero-order valence-corrected chi connectivity index (χ0v) is 29.3. The van der Waals surface area contributed by atoms with Gasteiger partial charge in [-0.25, -0.2) is 18.7 Å². The van der Waals surface area contributed by atoms with Crippen LogP contribution in [0.5, 0.6) is 0 Å². The number of piperidine rings is 2. The van der Waals surface area contributed by atoms with E-state index in [1.807, 2.05) is 30.3 Å². The molecular weight excluding hydrogens is 739 g/mol. The molecule has 2 aliphatic heterocycles. The fourth-order valence-electron chi connectivity index (χ4n) is 6.37. The first-order valence-electron chi connectivity index (χ1n) is 15.1. The van der Waals surface area contributed by atoms with Gasteiger partial charge >= 0.3 is 0 Å². The number of aromatic nitrogens is 2. The summed E-state index contributed by atoms with van der Waals surface area (Å²) in [6.07, 6.45) is 7.70. The van der Waals surface area contributed by atoms with Crippen molar-refractivity contribution in [3.05, 3.63) is 116 Å². The van der Waals surface area contributed by atoms with Crippen molar-refractivity contribution in [3.63, 3.8) is 0 Å². The Kier molecular flexibility index (Phi) is 9.89. The van der Waals surface area contributed by atoms with Crippen LogP contribution in [0.4, 0.5) is 20.2 Å². The van der Waals surface area contributed by atoms with Crippen LogP contribution in [0.15, 0.2) is 77.4 Å². The molecule has 4 heterocycles. The standard InChI is InChI=1S/C19H13ClFN3.C13H11ClFN.C5H3BrClN/c20-18-3-1-2-16(23-18)4-5-19-9-14(19)11-24(12-19)17-7-13(10-22)6-15(21)8-17;1-2-13-6-9(13)7-16(8-13)12-4-10(14)3-11(15)5-12;6-4-2-1-3-5(7)8-4/h1-3,6-8,14H,9,11-12H2;1,3-5,9H,6-8H2;1-3H. The molecule has 4 atom stereocenters. The zero-order valence-electron chi connectivity index (χ0n) is 25.4. The molecule has 0 N–H and O–H groups in total. The Labute approximate surface area is 302 Å². The molecule has 4 unspecified atom stereocenters. The molecule has 2 aromatic heterocycles. The fraction of sp³-hybridized carbons (Fsp3) is 0.270. The van der Waals surface area contributed by atoms with Crippen LogP contribution in [-0.4, -0.2) is 36.1 Å². The Morgan fingerprint density at radius 2 is 1.42 bits per heavy atom. The number of pyridine rings is 2. The van der Waals surface area contributed by atoms with E-state index >= 15 is 0 Å². The van der Waals surface area contributed by atoms with Gasteiger partial charge in [-0.2, -0.15) is 5.26 Å². The molecule has 0 spiro atoms. The van der Waals surface area contributed by atoms with Gasteiger partial charge in [0.2, 0.25) is 0 Å². The lowest BCUT2D eigenvalue weighted by Crippen LogP contribution is -2.24. The van der Waals surface area contributed by atoms with E-state index in [0.717, 1.165) is 55.0 Å². The Morgan fingerprint density at radius 1 is 0.812 bits per heavy atom. The van der Waals surface area contributed by atoms with Crippen LogP contribution >= 0.6 is 50.7 Å². The van der Waals surface area contributed by atoms with Gasteiger partial charge in [0.15, 0.2) is 0 Å². The molecule has 242 valence electrons. The second kappa shape index (κ2) is 13.9. The van der Waals surface area contributed by atoms with Crippen molar-refractivity contribution < 1.29 is 8.78 Å². The molecule has 2 aromatic carbocycles. The van der Waals surface area contributed by atoms with Gasteiger partial charge in [0.05, 0.1) is 22.5 Å². The SMILES string of the molecule is C#CC12CC1CN(c1cc(F)cc(Cl)c1)C2.Clc1cccc(Br)n1.N#Cc1cc(F)cc(N2CC3CC3(C#Cc3cccc(Cl)n3)C2)c1. The second-order valence-corrected chi connectivity index (χ2v) is 14.4. The van der Waals surface area contributed by atoms with E-state index in [-0.39, 0.29) is 22.5 Å². The summed E-state index contributed by atoms with van der Waals surface area (Å²) in [5.74, 6) is 9.73. The molecule has 0 amide bonds. The van der Waals surface area contributed by atoms with E-state index in [1.54, 1.807) is 24.3 Å². The number of benzene rings is 2. The van der Waals surface area contributed by atoms with E-state index < -0.39 is 0 Å². The Hall–Kier alpha value is -3.84. The molecular formula is C37H27BrCl3F2N5. The maximum Gasteiger partial charge on any atom is 0.130 e. The van der Waals surface area contributed by atoms with Crippen molar-refractivity contribution in [2.45, 2.75) is 12.8 Å². The minimum Gasteiger partial charge on any atom is -0.370 e. The minimum absolute atomic E-state index is 0.0525. The lowest BCUT2D eigenvalue weighted by Gasteiger charge is -2.21. The van der Waals surface area contributed by atoms with Gasteiger partial charge in [-0.1, -0.05) is 58.8 Å². The van der Waals surface area contributed by atoms with E-state index in [0.29, 0.717) is 38.4 Å². The Bertz CT molecular complexity index is 1980. The monoisotopic (exact) mass is 763 g/mol. The van der Waals surface area contributed by atoms with E-state index in [1.165, 1.54) is 24.3 Å². The maximum absolute atomic E-state index is 13.7. The van der Waals surface area contributed by atoms with Gasteiger partial charge in [-0.3, -0.25) is 0 Å². The van der Waals surface area contributed by atoms with Crippen LogP contribution in [0, 0.1) is 69.8 Å². The summed E-state index contributed by atoms with van der Waals surface area (Å²) in [5, 5.41) is 10.4. The van der Waals surface area contributed by atoms with Crippen molar-refractivity contribution in [2.75, 3.05) is 36.0 Å². The third kappa shape index (κ3) is 7.89. The lowest BCUT2D eigenvalue weighted by atomic mass is 10.1. The number of hydrogen-bond donors (Lipinski definition) is 0. The van der Waals surface area contributed by atoms with Gasteiger partial charge in [-0.15, -0.1) is 6.42 Å². The van der Waals surface area contributed by atoms with Crippen LogP contribution in [0.25, 0.3) is 0 Å². The molecule has 2 aliphatic carbocycles. The van der Waals surface area contributed by atoms with Gasteiger partial charge in [-0.05, 0) is 107 Å². The summed E-state index contributed by atoms with van der Waals surface area (Å²) in [4.78, 5) is 12.3. The minimum atomic E-state index is -0.382. The number of hydrogen-bond acceptors (Lipinski definition) is 5. The van der Waals surface area contributed by atoms with Crippen molar-refractivity contribution in [3.8, 4) is 30.3 Å². The molecule has 0 radical (unpaired) electrons. The first-order valence-corrected chi connectivity index (χ1v) is 17.0. The Balaban J connectivity index is 0.000000143. The zero-order chi connectivity index (χ0) is 34.1. The quantitative estimate of drug-likeness (QED) is 0.151. The number of terminal acetylenes is 1. The molecule has 5 nitrogen and oxygen atoms in total. The molecule has 8 rings (SSSR count). The van der Waals surface area contributed by atoms with Crippen molar-refractivity contribution in [1.82, 2.24) is 9.97 Å². The van der Waals surface area contributed by atoms with Gasteiger partial charge < -0.3 is 9.80 Å². The second-order valence-electron chi connectivity index (χ2n) is 12.3. The van der Waals surface area contributed by atoms with Gasteiger partial charge in [0.1, 0.15) is 32.2 Å². The largest absolute Gasteiger partial charge is 0.370 e. The fourth-order valence-corrected chi connectivity index (χ4v) is 7.36. The van der Waals surface area contributed by atoms with Crippen molar-refractivity contribution >= 4 is 62.1 Å². The lowest BCUT2D eigenvalue weighted by molar-refractivity contribution is 0.625. The number of fused-ring (bicyclic) bond motifs is 2. The average Bonchev–Trinajstić information content (AvgIpc) is 3.84. The van der Waals surface area contributed by atoms with Crippen LogP contribution in [0.3, 0.4) is 0 Å². The van der Waals surface area contributed by atoms with Gasteiger partial charge in [0, 0.05) is 42.6 Å². The van der Waals surface area contributed by atoms with E-state index in [2.05, 4.69) is 53.5 Å².